The quantitative estimate of drug-likeness (QED) is 0.795. The lowest BCUT2D eigenvalue weighted by Crippen LogP contribution is -2.39. The van der Waals surface area contributed by atoms with Crippen LogP contribution in [-0.4, -0.2) is 21.1 Å². The summed E-state index contributed by atoms with van der Waals surface area (Å²) in [6, 6.07) is 16.8. The molecule has 0 aliphatic carbocycles. The first-order chi connectivity index (χ1) is 10.6. The molecule has 0 aromatic heterocycles. The number of para-hydroxylation sites is 3. The van der Waals surface area contributed by atoms with E-state index in [2.05, 4.69) is 0 Å². The lowest BCUT2D eigenvalue weighted by Gasteiger charge is -2.51. The van der Waals surface area contributed by atoms with E-state index < -0.39 is 16.2 Å². The zero-order valence-electron chi connectivity index (χ0n) is 12.1. The standard InChI is InChI=1S/C16H20N2O3S/c17-12-6-11-16-21-15-10-5-4-9-14(15)18(22(16,19)20)13-7-2-1-3-8-13/h1-5,7-10,16,19-20H,6,11-12,17H2. The lowest BCUT2D eigenvalue weighted by atomic mass is 10.2. The maximum Gasteiger partial charge on any atom is 0.206 e. The first-order valence-corrected chi connectivity index (χ1v) is 8.79. The van der Waals surface area contributed by atoms with Gasteiger partial charge in [-0.2, -0.15) is 0 Å². The van der Waals surface area contributed by atoms with Gasteiger partial charge in [0, 0.05) is 6.42 Å². The van der Waals surface area contributed by atoms with Gasteiger partial charge in [-0.25, -0.2) is 4.31 Å². The van der Waals surface area contributed by atoms with Gasteiger partial charge in [-0.1, -0.05) is 41.1 Å². The van der Waals surface area contributed by atoms with Crippen molar-refractivity contribution in [2.75, 3.05) is 10.8 Å². The number of nitrogens with zero attached hydrogens (tertiary/aromatic N) is 1. The molecule has 118 valence electrons. The molecule has 1 atom stereocenters. The van der Waals surface area contributed by atoms with Crippen molar-refractivity contribution in [1.29, 1.82) is 0 Å². The monoisotopic (exact) mass is 320 g/mol. The van der Waals surface area contributed by atoms with E-state index in [-0.39, 0.29) is 0 Å². The Morgan fingerprint density at radius 1 is 1.05 bits per heavy atom. The minimum atomic E-state index is -3.15. The normalized spacial score (nSPS) is 20.9. The second-order valence-corrected chi connectivity index (χ2v) is 7.15. The molecule has 1 heterocycles. The van der Waals surface area contributed by atoms with E-state index in [9.17, 15) is 9.11 Å². The van der Waals surface area contributed by atoms with Crippen LogP contribution in [0.25, 0.3) is 0 Å². The molecule has 0 bridgehead atoms. The molecule has 3 rings (SSSR count). The van der Waals surface area contributed by atoms with Crippen LogP contribution < -0.4 is 14.8 Å². The number of rotatable bonds is 4. The number of anilines is 2. The third-order valence-corrected chi connectivity index (χ3v) is 5.58. The fourth-order valence-corrected chi connectivity index (χ4v) is 4.38. The minimum absolute atomic E-state index is 0.488. The molecule has 5 nitrogen and oxygen atoms in total. The fourth-order valence-electron chi connectivity index (χ4n) is 2.55. The maximum atomic E-state index is 10.8. The molecule has 0 amide bonds. The van der Waals surface area contributed by atoms with Crippen molar-refractivity contribution >= 4 is 22.2 Å². The van der Waals surface area contributed by atoms with Crippen molar-refractivity contribution in [3.63, 3.8) is 0 Å². The molecule has 0 fully saturated rings. The third-order valence-electron chi connectivity index (χ3n) is 3.60. The summed E-state index contributed by atoms with van der Waals surface area (Å²) >= 11 is 0. The highest BCUT2D eigenvalue weighted by Crippen LogP contribution is 2.61. The summed E-state index contributed by atoms with van der Waals surface area (Å²) in [6.45, 7) is 0.488. The van der Waals surface area contributed by atoms with Gasteiger partial charge in [0.15, 0.2) is 0 Å². The van der Waals surface area contributed by atoms with E-state index in [1.165, 1.54) is 0 Å². The average molecular weight is 320 g/mol. The zero-order chi connectivity index (χ0) is 15.6. The van der Waals surface area contributed by atoms with Crippen LogP contribution in [-0.2, 0) is 0 Å². The predicted octanol–water partition coefficient (Wildman–Crippen LogP) is 3.95. The van der Waals surface area contributed by atoms with Crippen LogP contribution >= 0.6 is 10.8 Å². The van der Waals surface area contributed by atoms with Gasteiger partial charge < -0.3 is 10.5 Å². The zero-order valence-corrected chi connectivity index (χ0v) is 12.9. The molecule has 1 aliphatic rings. The van der Waals surface area contributed by atoms with Crippen molar-refractivity contribution in [1.82, 2.24) is 0 Å². The van der Waals surface area contributed by atoms with E-state index in [0.29, 0.717) is 30.8 Å². The predicted molar refractivity (Wildman–Crippen MR) is 90.6 cm³/mol. The number of benzene rings is 2. The van der Waals surface area contributed by atoms with Gasteiger partial charge in [0.2, 0.25) is 5.44 Å². The topological polar surface area (TPSA) is 79.0 Å². The SMILES string of the molecule is NCCCC1Oc2ccccc2N(c2ccccc2)S1(O)O. The second-order valence-electron chi connectivity index (χ2n) is 5.14. The Morgan fingerprint density at radius 3 is 2.45 bits per heavy atom. The molecular weight excluding hydrogens is 300 g/mol. The average Bonchev–Trinajstić information content (AvgIpc) is 2.53. The molecule has 2 aromatic rings. The summed E-state index contributed by atoms with van der Waals surface area (Å²) in [7, 11) is -3.15. The second kappa shape index (κ2) is 6.18. The van der Waals surface area contributed by atoms with Crippen LogP contribution in [0.15, 0.2) is 54.6 Å². The molecule has 0 radical (unpaired) electrons. The number of hydrogen-bond donors (Lipinski definition) is 3. The molecule has 1 aliphatic heterocycles. The fraction of sp³-hybridized carbons (Fsp3) is 0.250. The van der Waals surface area contributed by atoms with Gasteiger partial charge in [0.1, 0.15) is 11.4 Å². The van der Waals surface area contributed by atoms with Crippen LogP contribution in [0.3, 0.4) is 0 Å². The minimum Gasteiger partial charge on any atom is -0.467 e. The van der Waals surface area contributed by atoms with Crippen LogP contribution in [0, 0.1) is 0 Å². The molecule has 0 saturated heterocycles. The van der Waals surface area contributed by atoms with Crippen molar-refractivity contribution in [2.45, 2.75) is 18.3 Å². The number of nitrogens with two attached hydrogens (primary N) is 1. The van der Waals surface area contributed by atoms with Gasteiger partial charge in [-0.3, -0.25) is 9.11 Å². The molecule has 4 N–H and O–H groups in total. The highest BCUT2D eigenvalue weighted by atomic mass is 32.3. The van der Waals surface area contributed by atoms with Gasteiger partial charge in [0.05, 0.1) is 5.69 Å². The van der Waals surface area contributed by atoms with Crippen molar-refractivity contribution in [3.05, 3.63) is 54.6 Å². The van der Waals surface area contributed by atoms with E-state index >= 15 is 0 Å². The molecule has 1 unspecified atom stereocenters. The summed E-state index contributed by atoms with van der Waals surface area (Å²) in [5.41, 5.74) is 6.26. The summed E-state index contributed by atoms with van der Waals surface area (Å²) in [4.78, 5) is 0. The molecular formula is C16H20N2O3S. The lowest BCUT2D eigenvalue weighted by molar-refractivity contribution is 0.236. The molecule has 0 spiro atoms. The van der Waals surface area contributed by atoms with Crippen LogP contribution in [0.4, 0.5) is 11.4 Å². The Hall–Kier alpha value is -1.73. The summed E-state index contributed by atoms with van der Waals surface area (Å²) in [5.74, 6) is 0.652. The number of fused-ring (bicyclic) bond motifs is 1. The van der Waals surface area contributed by atoms with E-state index in [4.69, 9.17) is 10.5 Å². The van der Waals surface area contributed by atoms with Gasteiger partial charge in [0.25, 0.3) is 0 Å². The maximum absolute atomic E-state index is 10.8. The van der Waals surface area contributed by atoms with Crippen molar-refractivity contribution < 1.29 is 13.8 Å². The summed E-state index contributed by atoms with van der Waals surface area (Å²) in [5, 5.41) is 0. The smallest absolute Gasteiger partial charge is 0.206 e. The van der Waals surface area contributed by atoms with E-state index in [1.54, 1.807) is 4.31 Å². The largest absolute Gasteiger partial charge is 0.467 e. The number of hydrogen-bond acceptors (Lipinski definition) is 5. The first-order valence-electron chi connectivity index (χ1n) is 7.22. The summed E-state index contributed by atoms with van der Waals surface area (Å²) < 4.78 is 29.1. The molecule has 2 aromatic carbocycles. The van der Waals surface area contributed by atoms with Gasteiger partial charge in [-0.05, 0) is 37.2 Å². The van der Waals surface area contributed by atoms with Crippen LogP contribution in [0.5, 0.6) is 5.75 Å². The Labute approximate surface area is 131 Å². The Balaban J connectivity index is 2.07. The summed E-state index contributed by atoms with van der Waals surface area (Å²) in [6.07, 6.45) is 1.17. The van der Waals surface area contributed by atoms with E-state index in [0.717, 1.165) is 5.69 Å². The van der Waals surface area contributed by atoms with E-state index in [1.807, 2.05) is 54.6 Å². The third kappa shape index (κ3) is 2.66. The van der Waals surface area contributed by atoms with Crippen LogP contribution in [0.1, 0.15) is 12.8 Å². The highest BCUT2D eigenvalue weighted by molar-refractivity contribution is 8.26. The first kappa shape index (κ1) is 15.2. The molecule has 6 heteroatoms. The molecule has 0 saturated carbocycles. The highest BCUT2D eigenvalue weighted by Gasteiger charge is 2.40. The van der Waals surface area contributed by atoms with Crippen molar-refractivity contribution in [3.8, 4) is 5.75 Å². The Bertz CT molecular complexity index is 636. The number of ether oxygens (including phenoxy) is 1. The molecule has 22 heavy (non-hydrogen) atoms. The Kier molecular flexibility index (Phi) is 4.26. The van der Waals surface area contributed by atoms with Crippen molar-refractivity contribution in [2.24, 2.45) is 5.73 Å². The van der Waals surface area contributed by atoms with Crippen LogP contribution in [0.2, 0.25) is 0 Å². The van der Waals surface area contributed by atoms with Gasteiger partial charge >= 0.3 is 0 Å². The van der Waals surface area contributed by atoms with Gasteiger partial charge in [-0.15, -0.1) is 0 Å². The Morgan fingerprint density at radius 2 is 1.73 bits per heavy atom.